The van der Waals surface area contributed by atoms with Crippen molar-refractivity contribution in [1.29, 1.82) is 0 Å². The van der Waals surface area contributed by atoms with E-state index >= 15 is 0 Å². The molecule has 0 bridgehead atoms. The third-order valence-corrected chi connectivity index (χ3v) is 3.04. The van der Waals surface area contributed by atoms with E-state index in [2.05, 4.69) is 11.7 Å². The van der Waals surface area contributed by atoms with Crippen LogP contribution in [-0.4, -0.2) is 18.2 Å². The standard InChI is InChI=1S/C12H16O4/c1-7-5-8(7)10-3-4-11(16-10)9(13)6-12(14)15-2/h3-4,7-9,13H,5-6H2,1-2H3/t7?,8?,9-/m1/s1. The number of hydrogen-bond acceptors (Lipinski definition) is 4. The van der Waals surface area contributed by atoms with Crippen molar-refractivity contribution in [3.8, 4) is 0 Å². The Morgan fingerprint density at radius 2 is 2.38 bits per heavy atom. The Labute approximate surface area is 94.2 Å². The van der Waals surface area contributed by atoms with Gasteiger partial charge in [-0.2, -0.15) is 0 Å². The van der Waals surface area contributed by atoms with Crippen LogP contribution in [-0.2, 0) is 9.53 Å². The van der Waals surface area contributed by atoms with E-state index in [9.17, 15) is 9.90 Å². The Morgan fingerprint density at radius 3 is 2.94 bits per heavy atom. The summed E-state index contributed by atoms with van der Waals surface area (Å²) in [5.41, 5.74) is 0. The third-order valence-electron chi connectivity index (χ3n) is 3.04. The second kappa shape index (κ2) is 4.29. The van der Waals surface area contributed by atoms with Crippen LogP contribution in [0.3, 0.4) is 0 Å². The molecule has 0 aliphatic heterocycles. The van der Waals surface area contributed by atoms with Crippen LogP contribution in [0.2, 0.25) is 0 Å². The molecule has 2 rings (SSSR count). The molecule has 4 heteroatoms. The van der Waals surface area contributed by atoms with Gasteiger partial charge in [0.2, 0.25) is 0 Å². The summed E-state index contributed by atoms with van der Waals surface area (Å²) in [7, 11) is 1.30. The monoisotopic (exact) mass is 224 g/mol. The zero-order valence-corrected chi connectivity index (χ0v) is 9.47. The molecule has 1 fully saturated rings. The van der Waals surface area contributed by atoms with Crippen LogP contribution in [0.15, 0.2) is 16.5 Å². The van der Waals surface area contributed by atoms with E-state index in [1.165, 1.54) is 7.11 Å². The molecule has 88 valence electrons. The number of carbonyl (C=O) groups is 1. The van der Waals surface area contributed by atoms with Crippen molar-refractivity contribution >= 4 is 5.97 Å². The summed E-state index contributed by atoms with van der Waals surface area (Å²) in [6, 6.07) is 3.61. The van der Waals surface area contributed by atoms with Crippen molar-refractivity contribution in [2.45, 2.75) is 31.8 Å². The number of furan rings is 1. The first kappa shape index (κ1) is 11.2. The molecule has 1 aliphatic carbocycles. The molecule has 1 aromatic heterocycles. The van der Waals surface area contributed by atoms with Crippen LogP contribution >= 0.6 is 0 Å². The van der Waals surface area contributed by atoms with Gasteiger partial charge in [0.05, 0.1) is 13.5 Å². The lowest BCUT2D eigenvalue weighted by Crippen LogP contribution is -2.07. The van der Waals surface area contributed by atoms with Crippen LogP contribution < -0.4 is 0 Å². The average molecular weight is 224 g/mol. The lowest BCUT2D eigenvalue weighted by molar-refractivity contribution is -0.143. The highest BCUT2D eigenvalue weighted by Gasteiger charge is 2.37. The molecule has 0 spiro atoms. The predicted octanol–water partition coefficient (Wildman–Crippen LogP) is 2.00. The highest BCUT2D eigenvalue weighted by molar-refractivity contribution is 5.69. The lowest BCUT2D eigenvalue weighted by Gasteiger charge is -2.05. The fourth-order valence-electron chi connectivity index (χ4n) is 1.81. The molecule has 2 unspecified atom stereocenters. The van der Waals surface area contributed by atoms with Gasteiger partial charge in [-0.05, 0) is 24.5 Å². The summed E-state index contributed by atoms with van der Waals surface area (Å²) in [5.74, 6) is 2.06. The molecule has 0 amide bonds. The molecular weight excluding hydrogens is 208 g/mol. The summed E-state index contributed by atoms with van der Waals surface area (Å²) >= 11 is 0. The van der Waals surface area contributed by atoms with Crippen LogP contribution in [0.4, 0.5) is 0 Å². The zero-order chi connectivity index (χ0) is 11.7. The normalized spacial score (nSPS) is 25.2. The highest BCUT2D eigenvalue weighted by Crippen LogP contribution is 2.47. The number of carbonyl (C=O) groups excluding carboxylic acids is 1. The molecule has 0 aromatic carbocycles. The Morgan fingerprint density at radius 1 is 1.69 bits per heavy atom. The van der Waals surface area contributed by atoms with Gasteiger partial charge in [0.1, 0.15) is 17.6 Å². The molecular formula is C12H16O4. The molecule has 1 aliphatic rings. The number of methoxy groups -OCH3 is 1. The second-order valence-corrected chi connectivity index (χ2v) is 4.36. The smallest absolute Gasteiger partial charge is 0.308 e. The van der Waals surface area contributed by atoms with Crippen LogP contribution in [0.1, 0.15) is 43.3 Å². The van der Waals surface area contributed by atoms with Gasteiger partial charge < -0.3 is 14.3 Å². The van der Waals surface area contributed by atoms with Crippen LogP contribution in [0.5, 0.6) is 0 Å². The molecule has 16 heavy (non-hydrogen) atoms. The van der Waals surface area contributed by atoms with Crippen molar-refractivity contribution in [1.82, 2.24) is 0 Å². The van der Waals surface area contributed by atoms with Gasteiger partial charge in [0, 0.05) is 5.92 Å². The van der Waals surface area contributed by atoms with Crippen LogP contribution in [0.25, 0.3) is 0 Å². The minimum absolute atomic E-state index is 0.0658. The van der Waals surface area contributed by atoms with Crippen molar-refractivity contribution in [2.24, 2.45) is 5.92 Å². The summed E-state index contributed by atoms with van der Waals surface area (Å²) in [4.78, 5) is 11.0. The Balaban J connectivity index is 1.98. The first-order valence-corrected chi connectivity index (χ1v) is 5.46. The molecule has 1 aromatic rings. The topological polar surface area (TPSA) is 59.7 Å². The number of rotatable bonds is 4. The van der Waals surface area contributed by atoms with Gasteiger partial charge in [0.15, 0.2) is 0 Å². The van der Waals surface area contributed by atoms with Gasteiger partial charge >= 0.3 is 5.97 Å². The Bertz CT molecular complexity index is 382. The average Bonchev–Trinajstić information content (AvgIpc) is 2.82. The van der Waals surface area contributed by atoms with E-state index in [0.29, 0.717) is 17.6 Å². The van der Waals surface area contributed by atoms with Crippen molar-refractivity contribution < 1.29 is 19.1 Å². The van der Waals surface area contributed by atoms with Crippen molar-refractivity contribution in [3.05, 3.63) is 23.7 Å². The van der Waals surface area contributed by atoms with Gasteiger partial charge in [-0.15, -0.1) is 0 Å². The number of hydrogen-bond donors (Lipinski definition) is 1. The van der Waals surface area contributed by atoms with Crippen molar-refractivity contribution in [2.75, 3.05) is 7.11 Å². The SMILES string of the molecule is COC(=O)C[C@@H](O)c1ccc(C2CC2C)o1. The van der Waals surface area contributed by atoms with Gasteiger partial charge in [-0.25, -0.2) is 0 Å². The maximum absolute atomic E-state index is 11.0. The van der Waals surface area contributed by atoms with E-state index in [1.54, 1.807) is 6.07 Å². The Hall–Kier alpha value is -1.29. The van der Waals surface area contributed by atoms with Gasteiger partial charge in [-0.1, -0.05) is 6.92 Å². The summed E-state index contributed by atoms with van der Waals surface area (Å²) in [6.07, 6.45) is 0.166. The van der Waals surface area contributed by atoms with E-state index in [4.69, 9.17) is 4.42 Å². The first-order chi connectivity index (χ1) is 7.61. The Kier molecular flexibility index (Phi) is 3.01. The lowest BCUT2D eigenvalue weighted by atomic mass is 10.2. The summed E-state index contributed by atoms with van der Waals surface area (Å²) < 4.78 is 10.0. The number of aliphatic hydroxyl groups excluding tert-OH is 1. The molecule has 1 saturated carbocycles. The number of aliphatic hydroxyl groups is 1. The molecule has 4 nitrogen and oxygen atoms in total. The highest BCUT2D eigenvalue weighted by atomic mass is 16.5. The fraction of sp³-hybridized carbons (Fsp3) is 0.583. The third kappa shape index (κ3) is 2.27. The summed E-state index contributed by atoms with van der Waals surface area (Å²) in [6.45, 7) is 2.16. The molecule has 3 atom stereocenters. The van der Waals surface area contributed by atoms with Crippen molar-refractivity contribution in [3.63, 3.8) is 0 Å². The van der Waals surface area contributed by atoms with E-state index in [1.807, 2.05) is 6.07 Å². The number of esters is 1. The van der Waals surface area contributed by atoms with E-state index < -0.39 is 12.1 Å². The van der Waals surface area contributed by atoms with Gasteiger partial charge in [-0.3, -0.25) is 4.79 Å². The second-order valence-electron chi connectivity index (χ2n) is 4.36. The fourth-order valence-corrected chi connectivity index (χ4v) is 1.81. The maximum atomic E-state index is 11.0. The zero-order valence-electron chi connectivity index (χ0n) is 9.47. The molecule has 0 radical (unpaired) electrons. The predicted molar refractivity (Wildman–Crippen MR) is 56.8 cm³/mol. The number of ether oxygens (including phenoxy) is 1. The molecule has 0 saturated heterocycles. The minimum atomic E-state index is -0.907. The summed E-state index contributed by atoms with van der Waals surface area (Å²) in [5, 5.41) is 9.71. The molecule has 1 N–H and O–H groups in total. The first-order valence-electron chi connectivity index (χ1n) is 5.46. The van der Waals surface area contributed by atoms with Crippen LogP contribution in [0, 0.1) is 5.92 Å². The van der Waals surface area contributed by atoms with E-state index in [-0.39, 0.29) is 6.42 Å². The largest absolute Gasteiger partial charge is 0.469 e. The van der Waals surface area contributed by atoms with Gasteiger partial charge in [0.25, 0.3) is 0 Å². The molecule has 1 heterocycles. The maximum Gasteiger partial charge on any atom is 0.308 e. The minimum Gasteiger partial charge on any atom is -0.469 e. The quantitative estimate of drug-likeness (QED) is 0.795. The van der Waals surface area contributed by atoms with E-state index in [0.717, 1.165) is 12.2 Å².